The molecule has 0 aromatic heterocycles. The first-order valence-corrected chi connectivity index (χ1v) is 20.7. The van der Waals surface area contributed by atoms with E-state index in [0.29, 0.717) is 23.9 Å². The molecule has 0 fully saturated rings. The zero-order valence-electron chi connectivity index (χ0n) is 31.9. The normalized spacial score (nSPS) is 14.2. The largest absolute Gasteiger partial charge is 0.472 e. The van der Waals surface area contributed by atoms with E-state index in [0.717, 1.165) is 44.9 Å². The number of phosphoric acid groups is 1. The van der Waals surface area contributed by atoms with E-state index in [1.54, 1.807) is 0 Å². The van der Waals surface area contributed by atoms with Gasteiger partial charge in [0.15, 0.2) is 6.10 Å². The number of hydrogen-bond donors (Lipinski definition) is 1. The van der Waals surface area contributed by atoms with E-state index in [9.17, 15) is 19.0 Å². The summed E-state index contributed by atoms with van der Waals surface area (Å²) in [7, 11) is 1.45. The third-order valence-electron chi connectivity index (χ3n) is 7.92. The van der Waals surface area contributed by atoms with E-state index < -0.39 is 32.5 Å². The Balaban J connectivity index is 4.49. The Hall–Kier alpha value is -1.77. The van der Waals surface area contributed by atoms with E-state index >= 15 is 0 Å². The quantitative estimate of drug-likeness (QED) is 0.0231. The van der Waals surface area contributed by atoms with Crippen molar-refractivity contribution in [3.63, 3.8) is 0 Å². The van der Waals surface area contributed by atoms with Gasteiger partial charge in [0.2, 0.25) is 0 Å². The van der Waals surface area contributed by atoms with Crippen molar-refractivity contribution in [2.24, 2.45) is 0 Å². The first-order valence-electron chi connectivity index (χ1n) is 19.2. The Morgan fingerprint density at radius 1 is 0.633 bits per heavy atom. The molecule has 0 aliphatic rings. The minimum Gasteiger partial charge on any atom is -0.462 e. The highest BCUT2D eigenvalue weighted by Crippen LogP contribution is 2.43. The fraction of sp³-hybridized carbons (Fsp3) is 0.795. The Morgan fingerprint density at radius 3 is 1.67 bits per heavy atom. The maximum atomic E-state index is 12.6. The number of quaternary nitrogens is 1. The summed E-state index contributed by atoms with van der Waals surface area (Å²) in [5.74, 6) is -0.847. The number of carbonyl (C=O) groups excluding carboxylic acids is 2. The predicted molar refractivity (Wildman–Crippen MR) is 201 cm³/mol. The van der Waals surface area contributed by atoms with Crippen molar-refractivity contribution in [1.82, 2.24) is 0 Å². The van der Waals surface area contributed by atoms with Crippen LogP contribution in [0.15, 0.2) is 36.5 Å². The summed E-state index contributed by atoms with van der Waals surface area (Å²) < 4.78 is 34.1. The van der Waals surface area contributed by atoms with Crippen LogP contribution in [0, 0.1) is 0 Å². The van der Waals surface area contributed by atoms with Crippen LogP contribution in [-0.2, 0) is 32.7 Å². The van der Waals surface area contributed by atoms with E-state index in [4.69, 9.17) is 18.5 Å². The highest BCUT2D eigenvalue weighted by molar-refractivity contribution is 7.47. The summed E-state index contributed by atoms with van der Waals surface area (Å²) in [6.45, 7) is 4.31. The first kappa shape index (κ1) is 47.2. The number of ether oxygens (including phenoxy) is 2. The molecule has 1 unspecified atom stereocenters. The summed E-state index contributed by atoms with van der Waals surface area (Å²) in [6, 6.07) is 0. The van der Waals surface area contributed by atoms with Crippen LogP contribution in [0.2, 0.25) is 0 Å². The van der Waals surface area contributed by atoms with Crippen LogP contribution in [-0.4, -0.2) is 74.9 Å². The lowest BCUT2D eigenvalue weighted by Crippen LogP contribution is -2.37. The molecule has 0 spiro atoms. The predicted octanol–water partition coefficient (Wildman–Crippen LogP) is 10.2. The van der Waals surface area contributed by atoms with Gasteiger partial charge in [-0.15, -0.1) is 0 Å². The standard InChI is InChI=1S/C39H72NO8P/c1-6-8-10-12-14-16-18-19-20-21-22-24-25-27-29-31-38(41)45-35-37(36-47-49(43,44)46-34-33-40(3,4)5)48-39(42)32-30-28-26-23-17-15-13-11-9-7-2/h14,16,19-20,22,24,37H,6-13,15,17-18,21,23,25-36H2,1-5H3/p+1/b16-14-,20-19-,24-22-/t37-/m1/s1. The van der Waals surface area contributed by atoms with E-state index in [2.05, 4.69) is 50.3 Å². The van der Waals surface area contributed by atoms with Gasteiger partial charge in [0.1, 0.15) is 19.8 Å². The minimum atomic E-state index is -4.37. The summed E-state index contributed by atoms with van der Waals surface area (Å²) in [5.41, 5.74) is 0. The van der Waals surface area contributed by atoms with Crippen LogP contribution < -0.4 is 0 Å². The number of carbonyl (C=O) groups is 2. The van der Waals surface area contributed by atoms with Gasteiger partial charge in [-0.3, -0.25) is 18.6 Å². The average Bonchev–Trinajstić information content (AvgIpc) is 3.04. The Labute approximate surface area is 300 Å². The number of likely N-dealkylation sites (N-methyl/N-ethyl adjacent to an activating group) is 1. The lowest BCUT2D eigenvalue weighted by molar-refractivity contribution is -0.870. The summed E-state index contributed by atoms with van der Waals surface area (Å²) in [4.78, 5) is 35.1. The summed E-state index contributed by atoms with van der Waals surface area (Å²) >= 11 is 0. The van der Waals surface area contributed by atoms with Crippen LogP contribution in [0.5, 0.6) is 0 Å². The van der Waals surface area contributed by atoms with E-state index in [1.165, 1.54) is 64.2 Å². The van der Waals surface area contributed by atoms with Crippen LogP contribution in [0.1, 0.15) is 149 Å². The van der Waals surface area contributed by atoms with Crippen LogP contribution in [0.3, 0.4) is 0 Å². The van der Waals surface area contributed by atoms with Gasteiger partial charge in [0, 0.05) is 12.8 Å². The number of rotatable bonds is 34. The van der Waals surface area contributed by atoms with Gasteiger partial charge in [-0.2, -0.15) is 0 Å². The molecular weight excluding hydrogens is 641 g/mol. The summed E-state index contributed by atoms with van der Waals surface area (Å²) in [6.07, 6.45) is 33.4. The smallest absolute Gasteiger partial charge is 0.462 e. The molecule has 0 saturated carbocycles. The van der Waals surface area contributed by atoms with Gasteiger partial charge in [-0.1, -0.05) is 121 Å². The second kappa shape index (κ2) is 32.2. The maximum absolute atomic E-state index is 12.6. The Bertz CT molecular complexity index is 944. The molecule has 0 aromatic carbocycles. The molecule has 0 aliphatic heterocycles. The fourth-order valence-electron chi connectivity index (χ4n) is 4.84. The molecule has 49 heavy (non-hydrogen) atoms. The molecule has 0 aliphatic carbocycles. The Morgan fingerprint density at radius 2 is 1.10 bits per heavy atom. The molecule has 2 atom stereocenters. The van der Waals surface area contributed by atoms with Crippen molar-refractivity contribution in [1.29, 1.82) is 0 Å². The van der Waals surface area contributed by atoms with Crippen molar-refractivity contribution in [3.8, 4) is 0 Å². The lowest BCUT2D eigenvalue weighted by Gasteiger charge is -2.24. The molecule has 0 heterocycles. The van der Waals surface area contributed by atoms with Crippen molar-refractivity contribution < 1.29 is 42.1 Å². The molecule has 0 aromatic rings. The minimum absolute atomic E-state index is 0.0260. The molecule has 1 N–H and O–H groups in total. The molecule has 286 valence electrons. The van der Waals surface area contributed by atoms with Gasteiger partial charge in [0.05, 0.1) is 27.7 Å². The van der Waals surface area contributed by atoms with Gasteiger partial charge < -0.3 is 18.9 Å². The average molecular weight is 715 g/mol. The number of esters is 2. The highest BCUT2D eigenvalue weighted by Gasteiger charge is 2.27. The van der Waals surface area contributed by atoms with Crippen molar-refractivity contribution in [3.05, 3.63) is 36.5 Å². The van der Waals surface area contributed by atoms with Crippen molar-refractivity contribution in [2.75, 3.05) is 47.5 Å². The lowest BCUT2D eigenvalue weighted by atomic mass is 10.1. The third-order valence-corrected chi connectivity index (χ3v) is 8.91. The molecular formula is C39H73NO8P+. The Kier molecular flexibility index (Phi) is 31.0. The molecule has 0 bridgehead atoms. The van der Waals surface area contributed by atoms with Crippen molar-refractivity contribution in [2.45, 2.75) is 155 Å². The zero-order chi connectivity index (χ0) is 36.5. The van der Waals surface area contributed by atoms with Crippen LogP contribution in [0.4, 0.5) is 0 Å². The topological polar surface area (TPSA) is 108 Å². The molecule has 0 amide bonds. The number of unbranched alkanes of at least 4 members (excludes halogenated alkanes) is 14. The third kappa shape index (κ3) is 35.8. The van der Waals surface area contributed by atoms with Crippen LogP contribution >= 0.6 is 7.82 Å². The monoisotopic (exact) mass is 715 g/mol. The number of nitrogens with zero attached hydrogens (tertiary/aromatic N) is 1. The second-order valence-corrected chi connectivity index (χ2v) is 15.4. The zero-order valence-corrected chi connectivity index (χ0v) is 32.8. The number of phosphoric ester groups is 1. The highest BCUT2D eigenvalue weighted by atomic mass is 31.2. The maximum Gasteiger partial charge on any atom is 0.472 e. The van der Waals surface area contributed by atoms with Crippen LogP contribution in [0.25, 0.3) is 0 Å². The second-order valence-electron chi connectivity index (χ2n) is 14.0. The summed E-state index contributed by atoms with van der Waals surface area (Å²) in [5, 5.41) is 0. The number of allylic oxidation sites excluding steroid dienone is 6. The molecule has 9 nitrogen and oxygen atoms in total. The molecule has 0 saturated heterocycles. The SMILES string of the molecule is CCCCC/C=C\C/C=C\C/C=C\CCCCC(=O)OC[C@H](COP(=O)(O)OCC[N+](C)(C)C)OC(=O)CCCCCCCCCCCC. The van der Waals surface area contributed by atoms with Gasteiger partial charge >= 0.3 is 19.8 Å². The number of hydrogen-bond acceptors (Lipinski definition) is 7. The van der Waals surface area contributed by atoms with E-state index in [-0.39, 0.29) is 26.1 Å². The van der Waals surface area contributed by atoms with Crippen molar-refractivity contribution >= 4 is 19.8 Å². The molecule has 0 radical (unpaired) electrons. The van der Waals surface area contributed by atoms with Gasteiger partial charge in [0.25, 0.3) is 0 Å². The van der Waals surface area contributed by atoms with Gasteiger partial charge in [-0.25, -0.2) is 4.57 Å². The first-order chi connectivity index (χ1) is 23.5. The molecule has 0 rings (SSSR count). The van der Waals surface area contributed by atoms with Gasteiger partial charge in [-0.05, 0) is 51.4 Å². The molecule has 10 heteroatoms. The fourth-order valence-corrected chi connectivity index (χ4v) is 5.58. The van der Waals surface area contributed by atoms with E-state index in [1.807, 2.05) is 21.1 Å².